The summed E-state index contributed by atoms with van der Waals surface area (Å²) in [6.45, 7) is 11.8. The Hall–Kier alpha value is -2.57. The molecule has 0 radical (unpaired) electrons. The van der Waals surface area contributed by atoms with Gasteiger partial charge in [-0.2, -0.15) is 0 Å². The van der Waals surface area contributed by atoms with Gasteiger partial charge in [-0.1, -0.05) is 12.7 Å². The molecule has 25 heavy (non-hydrogen) atoms. The summed E-state index contributed by atoms with van der Waals surface area (Å²) in [6.07, 6.45) is 2.00. The molecule has 136 valence electrons. The van der Waals surface area contributed by atoms with E-state index in [1.807, 2.05) is 20.8 Å². The number of anilines is 1. The van der Waals surface area contributed by atoms with E-state index in [1.165, 1.54) is 12.1 Å². The molecular weight excluding hydrogens is 322 g/mol. The summed E-state index contributed by atoms with van der Waals surface area (Å²) in [4.78, 5) is 26.7. The molecule has 7 nitrogen and oxygen atoms in total. The summed E-state index contributed by atoms with van der Waals surface area (Å²) in [5, 5.41) is 11.0. The third kappa shape index (κ3) is 4.95. The maximum atomic E-state index is 12.2. The second kappa shape index (κ2) is 7.55. The van der Waals surface area contributed by atoms with E-state index in [9.17, 15) is 14.9 Å². The predicted octanol–water partition coefficient (Wildman–Crippen LogP) is 3.69. The van der Waals surface area contributed by atoms with Crippen LogP contribution in [-0.2, 0) is 4.74 Å². The van der Waals surface area contributed by atoms with Crippen molar-refractivity contribution in [1.29, 1.82) is 0 Å². The Morgan fingerprint density at radius 2 is 2.00 bits per heavy atom. The van der Waals surface area contributed by atoms with Gasteiger partial charge < -0.3 is 14.5 Å². The van der Waals surface area contributed by atoms with Crippen molar-refractivity contribution in [1.82, 2.24) is 4.90 Å². The number of benzene rings is 1. The first-order chi connectivity index (χ1) is 11.7. The molecule has 0 aromatic heterocycles. The Morgan fingerprint density at radius 1 is 1.28 bits per heavy atom. The van der Waals surface area contributed by atoms with Crippen LogP contribution in [0.25, 0.3) is 6.08 Å². The molecule has 0 bridgehead atoms. The minimum atomic E-state index is -0.514. The molecule has 1 aliphatic rings. The highest BCUT2D eigenvalue weighted by atomic mass is 16.6. The number of nitro benzene ring substituents is 1. The first kappa shape index (κ1) is 18.8. The van der Waals surface area contributed by atoms with Crippen LogP contribution in [0.4, 0.5) is 16.2 Å². The Bertz CT molecular complexity index is 667. The first-order valence-corrected chi connectivity index (χ1v) is 8.35. The number of amides is 1. The van der Waals surface area contributed by atoms with Crippen LogP contribution in [0.15, 0.2) is 24.8 Å². The fraction of sp³-hybridized carbons (Fsp3) is 0.500. The second-order valence-corrected chi connectivity index (χ2v) is 7.01. The minimum absolute atomic E-state index is 0.0453. The molecule has 1 amide bonds. The molecule has 0 aliphatic carbocycles. The van der Waals surface area contributed by atoms with Crippen LogP contribution in [0.3, 0.4) is 0 Å². The van der Waals surface area contributed by atoms with Gasteiger partial charge in [0, 0.05) is 37.9 Å². The highest BCUT2D eigenvalue weighted by Gasteiger charge is 2.25. The number of rotatable bonds is 3. The Kier molecular flexibility index (Phi) is 5.66. The lowest BCUT2D eigenvalue weighted by Crippen LogP contribution is -2.39. The minimum Gasteiger partial charge on any atom is -0.444 e. The molecular formula is C18H25N3O4. The highest BCUT2D eigenvalue weighted by molar-refractivity contribution is 5.69. The number of nitro groups is 1. The fourth-order valence-electron chi connectivity index (χ4n) is 2.75. The van der Waals surface area contributed by atoms with Crippen molar-refractivity contribution in [3.05, 3.63) is 40.5 Å². The lowest BCUT2D eigenvalue weighted by molar-refractivity contribution is -0.385. The van der Waals surface area contributed by atoms with Crippen LogP contribution in [0, 0.1) is 10.1 Å². The van der Waals surface area contributed by atoms with Crippen molar-refractivity contribution in [2.75, 3.05) is 31.1 Å². The summed E-state index contributed by atoms with van der Waals surface area (Å²) in [6, 6.07) is 5.02. The van der Waals surface area contributed by atoms with Crippen LogP contribution in [-0.4, -0.2) is 47.7 Å². The Morgan fingerprint density at radius 3 is 2.60 bits per heavy atom. The lowest BCUT2D eigenvalue weighted by atomic mass is 10.1. The lowest BCUT2D eigenvalue weighted by Gasteiger charge is -2.27. The van der Waals surface area contributed by atoms with Crippen LogP contribution in [0.5, 0.6) is 0 Å². The summed E-state index contributed by atoms with van der Waals surface area (Å²) in [5.74, 6) is 0. The van der Waals surface area contributed by atoms with E-state index >= 15 is 0 Å². The Labute approximate surface area is 148 Å². The van der Waals surface area contributed by atoms with Gasteiger partial charge in [0.05, 0.1) is 10.5 Å². The van der Waals surface area contributed by atoms with Crippen molar-refractivity contribution in [2.45, 2.75) is 32.8 Å². The third-order valence-corrected chi connectivity index (χ3v) is 3.94. The van der Waals surface area contributed by atoms with Gasteiger partial charge in [0.25, 0.3) is 5.69 Å². The smallest absolute Gasteiger partial charge is 0.410 e. The van der Waals surface area contributed by atoms with Gasteiger partial charge in [-0.3, -0.25) is 10.1 Å². The zero-order valence-corrected chi connectivity index (χ0v) is 15.0. The predicted molar refractivity (Wildman–Crippen MR) is 97.8 cm³/mol. The Balaban J connectivity index is 2.09. The number of carbonyl (C=O) groups excluding carboxylic acids is 1. The zero-order valence-electron chi connectivity index (χ0n) is 15.0. The average Bonchev–Trinajstić information content (AvgIpc) is 2.78. The normalized spacial score (nSPS) is 15.5. The maximum absolute atomic E-state index is 12.2. The molecule has 0 N–H and O–H groups in total. The highest BCUT2D eigenvalue weighted by Crippen LogP contribution is 2.26. The van der Waals surface area contributed by atoms with E-state index in [1.54, 1.807) is 17.0 Å². The van der Waals surface area contributed by atoms with Crippen LogP contribution in [0.1, 0.15) is 32.8 Å². The molecule has 1 fully saturated rings. The molecule has 0 atom stereocenters. The van der Waals surface area contributed by atoms with E-state index < -0.39 is 10.5 Å². The van der Waals surface area contributed by atoms with E-state index in [0.717, 1.165) is 18.7 Å². The summed E-state index contributed by atoms with van der Waals surface area (Å²) >= 11 is 0. The van der Waals surface area contributed by atoms with Crippen LogP contribution < -0.4 is 4.90 Å². The molecule has 0 unspecified atom stereocenters. The average molecular weight is 347 g/mol. The number of carbonyl (C=O) groups is 1. The van der Waals surface area contributed by atoms with Gasteiger partial charge in [0.1, 0.15) is 5.60 Å². The number of hydrogen-bond acceptors (Lipinski definition) is 5. The fourth-order valence-corrected chi connectivity index (χ4v) is 2.75. The summed E-state index contributed by atoms with van der Waals surface area (Å²) in [5.41, 5.74) is 0.923. The van der Waals surface area contributed by atoms with Gasteiger partial charge >= 0.3 is 6.09 Å². The molecule has 1 aromatic rings. The van der Waals surface area contributed by atoms with E-state index in [4.69, 9.17) is 4.74 Å². The van der Waals surface area contributed by atoms with E-state index in [-0.39, 0.29) is 11.8 Å². The second-order valence-electron chi connectivity index (χ2n) is 7.01. The van der Waals surface area contributed by atoms with Gasteiger partial charge in [-0.05, 0) is 39.3 Å². The number of ether oxygens (including phenoxy) is 1. The molecule has 2 rings (SSSR count). The zero-order chi connectivity index (χ0) is 18.6. The largest absolute Gasteiger partial charge is 0.444 e. The van der Waals surface area contributed by atoms with E-state index in [2.05, 4.69) is 11.5 Å². The summed E-state index contributed by atoms with van der Waals surface area (Å²) in [7, 11) is 0. The summed E-state index contributed by atoms with van der Waals surface area (Å²) < 4.78 is 5.43. The molecule has 7 heteroatoms. The van der Waals surface area contributed by atoms with Gasteiger partial charge in [-0.15, -0.1) is 0 Å². The first-order valence-electron chi connectivity index (χ1n) is 8.35. The van der Waals surface area contributed by atoms with Crippen molar-refractivity contribution >= 4 is 23.5 Å². The SMILES string of the molecule is C=Cc1cc(N2CCCN(C(=O)OC(C)(C)C)CC2)ccc1[N+](=O)[O-]. The van der Waals surface area contributed by atoms with E-state index in [0.29, 0.717) is 25.2 Å². The van der Waals surface area contributed by atoms with Gasteiger partial charge in [0.2, 0.25) is 0 Å². The number of nitrogens with zero attached hydrogens (tertiary/aromatic N) is 3. The van der Waals surface area contributed by atoms with Gasteiger partial charge in [0.15, 0.2) is 0 Å². The molecule has 0 saturated carbocycles. The van der Waals surface area contributed by atoms with Crippen molar-refractivity contribution in [2.24, 2.45) is 0 Å². The third-order valence-electron chi connectivity index (χ3n) is 3.94. The molecule has 1 aromatic carbocycles. The molecule has 1 aliphatic heterocycles. The van der Waals surface area contributed by atoms with Crippen LogP contribution in [0.2, 0.25) is 0 Å². The maximum Gasteiger partial charge on any atom is 0.410 e. The van der Waals surface area contributed by atoms with Crippen LogP contribution >= 0.6 is 0 Å². The molecule has 1 heterocycles. The van der Waals surface area contributed by atoms with Crippen molar-refractivity contribution < 1.29 is 14.5 Å². The quantitative estimate of drug-likeness (QED) is 0.616. The van der Waals surface area contributed by atoms with Crippen molar-refractivity contribution in [3.63, 3.8) is 0 Å². The topological polar surface area (TPSA) is 75.9 Å². The standard InChI is InChI=1S/C18H25N3O4/c1-5-14-13-15(7-8-16(14)21(23)24)19-9-6-10-20(12-11-19)17(22)25-18(2,3)4/h5,7-8,13H,1,6,9-12H2,2-4H3. The number of hydrogen-bond donors (Lipinski definition) is 0. The molecule has 1 saturated heterocycles. The van der Waals surface area contributed by atoms with Gasteiger partial charge in [-0.25, -0.2) is 4.79 Å². The van der Waals surface area contributed by atoms with Crippen molar-refractivity contribution in [3.8, 4) is 0 Å². The monoisotopic (exact) mass is 347 g/mol. The molecule has 0 spiro atoms.